The predicted octanol–water partition coefficient (Wildman–Crippen LogP) is 1.97. The quantitative estimate of drug-likeness (QED) is 0.280. The summed E-state index contributed by atoms with van der Waals surface area (Å²) in [5.41, 5.74) is 0. The van der Waals surface area contributed by atoms with E-state index in [1.165, 1.54) is 0 Å². The van der Waals surface area contributed by atoms with Crippen LogP contribution in [-0.2, 0) is 22.8 Å². The lowest BCUT2D eigenvalue weighted by molar-refractivity contribution is -0.142. The maximum Gasteiger partial charge on any atom is 0.500 e. The van der Waals surface area contributed by atoms with Crippen molar-refractivity contribution in [1.82, 2.24) is 0 Å². The van der Waals surface area contributed by atoms with Crippen LogP contribution in [0, 0.1) is 0 Å². The van der Waals surface area contributed by atoms with Crippen molar-refractivity contribution >= 4 is 30.7 Å². The van der Waals surface area contributed by atoms with Gasteiger partial charge in [0.1, 0.15) is 4.83 Å². The molecule has 7 heteroatoms. The fourth-order valence-corrected chi connectivity index (χ4v) is 3.21. The van der Waals surface area contributed by atoms with E-state index in [0.717, 1.165) is 18.9 Å². The van der Waals surface area contributed by atoms with Crippen molar-refractivity contribution in [3.05, 3.63) is 0 Å². The van der Waals surface area contributed by atoms with Gasteiger partial charge in [0.15, 0.2) is 0 Å². The van der Waals surface area contributed by atoms with Crippen LogP contribution in [0.1, 0.15) is 19.8 Å². The van der Waals surface area contributed by atoms with Gasteiger partial charge in [0, 0.05) is 27.4 Å². The molecule has 0 heterocycles. The Morgan fingerprint density at radius 3 is 2.12 bits per heavy atom. The Hall–Kier alpha value is 0.0469. The second-order valence-corrected chi connectivity index (χ2v) is 8.00. The molecule has 0 rings (SSSR count). The van der Waals surface area contributed by atoms with Crippen LogP contribution in [0.25, 0.3) is 0 Å². The fourth-order valence-electron chi connectivity index (χ4n) is 1.29. The van der Waals surface area contributed by atoms with Crippen molar-refractivity contribution in [2.45, 2.75) is 30.6 Å². The molecule has 1 atom stereocenters. The zero-order chi connectivity index (χ0) is 13.3. The Kier molecular flexibility index (Phi) is 9.07. The Bertz CT molecular complexity index is 212. The first kappa shape index (κ1) is 17.0. The van der Waals surface area contributed by atoms with E-state index >= 15 is 0 Å². The smallest absolute Gasteiger partial charge is 0.465 e. The van der Waals surface area contributed by atoms with E-state index in [9.17, 15) is 4.79 Å². The normalized spacial score (nSPS) is 13.5. The van der Waals surface area contributed by atoms with Gasteiger partial charge in [-0.3, -0.25) is 4.79 Å². The monoisotopic (exact) mass is 328 g/mol. The number of unbranched alkanes of at least 4 members (excludes halogenated alkanes) is 1. The lowest BCUT2D eigenvalue weighted by Gasteiger charge is -2.24. The van der Waals surface area contributed by atoms with Crippen LogP contribution in [-0.4, -0.2) is 47.5 Å². The molecule has 0 bridgehead atoms. The van der Waals surface area contributed by atoms with E-state index in [-0.39, 0.29) is 10.8 Å². The zero-order valence-electron chi connectivity index (χ0n) is 10.8. The van der Waals surface area contributed by atoms with Crippen LogP contribution in [0.4, 0.5) is 0 Å². The van der Waals surface area contributed by atoms with Gasteiger partial charge in [0.05, 0.1) is 6.61 Å². The molecule has 0 saturated carbocycles. The number of alkyl halides is 1. The van der Waals surface area contributed by atoms with Crippen LogP contribution in [0.5, 0.6) is 0 Å². The molecule has 0 aliphatic rings. The molecule has 1 unspecified atom stereocenters. The number of rotatable bonds is 9. The molecule has 0 aromatic rings. The van der Waals surface area contributed by atoms with Gasteiger partial charge in [-0.2, -0.15) is 0 Å². The number of ether oxygens (including phenoxy) is 1. The van der Waals surface area contributed by atoms with Crippen molar-refractivity contribution in [2.24, 2.45) is 0 Å². The predicted molar refractivity (Wildman–Crippen MR) is 70.2 cm³/mol. The summed E-state index contributed by atoms with van der Waals surface area (Å²) in [7, 11) is 2.30. The number of halogens is 1. The topological polar surface area (TPSA) is 54.0 Å². The molecule has 0 N–H and O–H groups in total. The van der Waals surface area contributed by atoms with Crippen molar-refractivity contribution < 1.29 is 22.8 Å². The van der Waals surface area contributed by atoms with Gasteiger partial charge >= 0.3 is 14.8 Å². The molecule has 17 heavy (non-hydrogen) atoms. The third-order valence-electron chi connectivity index (χ3n) is 2.38. The highest BCUT2D eigenvalue weighted by atomic mass is 79.9. The van der Waals surface area contributed by atoms with Gasteiger partial charge in [-0.15, -0.1) is 0 Å². The van der Waals surface area contributed by atoms with Gasteiger partial charge in [0.25, 0.3) is 0 Å². The fraction of sp³-hybridized carbons (Fsp3) is 0.900. The highest BCUT2D eigenvalue weighted by Gasteiger charge is 2.36. The minimum atomic E-state index is -2.47. The molecular formula is C10H21BrO5Si. The minimum absolute atomic E-state index is 0.237. The van der Waals surface area contributed by atoms with Crippen LogP contribution in [0.15, 0.2) is 0 Å². The molecule has 0 aliphatic heterocycles. The highest BCUT2D eigenvalue weighted by Crippen LogP contribution is 2.16. The van der Waals surface area contributed by atoms with Crippen LogP contribution in [0.3, 0.4) is 0 Å². The lowest BCUT2D eigenvalue weighted by Crippen LogP contribution is -2.42. The minimum Gasteiger partial charge on any atom is -0.465 e. The molecule has 0 spiro atoms. The summed E-state index contributed by atoms with van der Waals surface area (Å²) >= 11 is 3.15. The maximum atomic E-state index is 11.1. The first-order valence-corrected chi connectivity index (χ1v) is 8.32. The van der Waals surface area contributed by atoms with Crippen LogP contribution < -0.4 is 0 Å². The van der Waals surface area contributed by atoms with E-state index in [1.54, 1.807) is 28.3 Å². The number of carbonyl (C=O) groups is 1. The van der Waals surface area contributed by atoms with Crippen molar-refractivity contribution in [3.63, 3.8) is 0 Å². The first-order chi connectivity index (χ1) is 8.01. The molecule has 0 radical (unpaired) electrons. The van der Waals surface area contributed by atoms with Gasteiger partial charge in [-0.1, -0.05) is 15.9 Å². The molecule has 0 saturated heterocycles. The van der Waals surface area contributed by atoms with E-state index in [2.05, 4.69) is 15.9 Å². The Balaban J connectivity index is 3.73. The summed E-state index contributed by atoms with van der Waals surface area (Å²) in [6.07, 6.45) is 1.61. The second-order valence-electron chi connectivity index (χ2n) is 3.54. The summed E-state index contributed by atoms with van der Waals surface area (Å²) in [5.74, 6) is -0.237. The van der Waals surface area contributed by atoms with Crippen LogP contribution >= 0.6 is 15.9 Å². The molecule has 102 valence electrons. The van der Waals surface area contributed by atoms with Gasteiger partial charge in [-0.25, -0.2) is 0 Å². The van der Waals surface area contributed by atoms with E-state index in [0.29, 0.717) is 6.61 Å². The third-order valence-corrected chi connectivity index (χ3v) is 5.59. The van der Waals surface area contributed by atoms with Gasteiger partial charge in [0.2, 0.25) is 0 Å². The third kappa shape index (κ3) is 6.51. The summed E-state index contributed by atoms with van der Waals surface area (Å²) in [5, 5.41) is 0. The number of hydrogen-bond donors (Lipinski definition) is 0. The Labute approximate surface area is 112 Å². The summed E-state index contributed by atoms with van der Waals surface area (Å²) in [4.78, 5) is 10.9. The largest absolute Gasteiger partial charge is 0.500 e. The summed E-state index contributed by atoms with van der Waals surface area (Å²) < 4.78 is 20.9. The second kappa shape index (κ2) is 9.04. The first-order valence-electron chi connectivity index (χ1n) is 5.47. The van der Waals surface area contributed by atoms with Crippen molar-refractivity contribution in [2.75, 3.05) is 27.9 Å². The van der Waals surface area contributed by atoms with Crippen molar-refractivity contribution in [3.8, 4) is 0 Å². The number of carbonyl (C=O) groups excluding carboxylic acids is 1. The van der Waals surface area contributed by atoms with E-state index in [4.69, 9.17) is 18.0 Å². The zero-order valence-corrected chi connectivity index (χ0v) is 13.4. The molecule has 0 amide bonds. The average molecular weight is 329 g/mol. The molecule has 5 nitrogen and oxygen atoms in total. The molecule has 0 fully saturated rings. The number of esters is 1. The van der Waals surface area contributed by atoms with Gasteiger partial charge < -0.3 is 18.0 Å². The summed E-state index contributed by atoms with van der Waals surface area (Å²) in [6.45, 7) is 2.15. The highest BCUT2D eigenvalue weighted by molar-refractivity contribution is 9.10. The number of hydrogen-bond acceptors (Lipinski definition) is 5. The Morgan fingerprint density at radius 1 is 1.18 bits per heavy atom. The molecule has 0 aromatic carbocycles. The molecule has 0 aliphatic carbocycles. The lowest BCUT2D eigenvalue weighted by atomic mass is 10.3. The van der Waals surface area contributed by atoms with E-state index in [1.807, 2.05) is 0 Å². The standard InChI is InChI=1S/C10H21BrO5Si/c1-9(11)10(12)16-7-5-6-8-17(13-2,14-3)15-4/h9H,5-8H2,1-4H3. The van der Waals surface area contributed by atoms with Crippen molar-refractivity contribution in [1.29, 1.82) is 0 Å². The summed E-state index contributed by atoms with van der Waals surface area (Å²) in [6, 6.07) is 0.720. The SMILES string of the molecule is CO[Si](CCCCOC(=O)C(C)Br)(OC)OC. The van der Waals surface area contributed by atoms with Gasteiger partial charge in [-0.05, 0) is 19.8 Å². The molecule has 0 aromatic heterocycles. The maximum absolute atomic E-state index is 11.1. The Morgan fingerprint density at radius 2 is 1.71 bits per heavy atom. The van der Waals surface area contributed by atoms with E-state index < -0.39 is 8.80 Å². The molecular weight excluding hydrogens is 308 g/mol. The van der Waals surface area contributed by atoms with Crippen LogP contribution in [0.2, 0.25) is 6.04 Å². The average Bonchev–Trinajstić information content (AvgIpc) is 2.34.